The third-order valence-electron chi connectivity index (χ3n) is 4.15. The number of carboxylic acid groups (broad SMARTS) is 1. The number of carboxylic acids is 1. The lowest BCUT2D eigenvalue weighted by molar-refractivity contribution is -0.141. The Morgan fingerprint density at radius 2 is 1.96 bits per heavy atom. The maximum Gasteiger partial charge on any atom is 0.308 e. The van der Waals surface area contributed by atoms with Crippen LogP contribution in [0.2, 0.25) is 0 Å². The molecular weight excluding hydrogens is 306 g/mol. The summed E-state index contributed by atoms with van der Waals surface area (Å²) in [5.74, 6) is -1.76. The number of aryl methyl sites for hydroxylation is 2. The Kier molecular flexibility index (Phi) is 5.07. The van der Waals surface area contributed by atoms with Crippen LogP contribution in [-0.2, 0) is 4.79 Å². The van der Waals surface area contributed by atoms with Crippen LogP contribution < -0.4 is 0 Å². The quantitative estimate of drug-likeness (QED) is 0.915. The van der Waals surface area contributed by atoms with Crippen molar-refractivity contribution in [3.8, 4) is 5.69 Å². The molecule has 0 radical (unpaired) electrons. The lowest BCUT2D eigenvalue weighted by Crippen LogP contribution is -2.33. The number of nitrogens with zero attached hydrogens (tertiary/aromatic N) is 3. The first-order valence-electron chi connectivity index (χ1n) is 7.83. The van der Waals surface area contributed by atoms with E-state index in [1.165, 1.54) is 4.90 Å². The number of carbonyl (C=O) groups excluding carboxylic acids is 1. The van der Waals surface area contributed by atoms with Gasteiger partial charge in [0.05, 0.1) is 29.1 Å². The van der Waals surface area contributed by atoms with Gasteiger partial charge in [0, 0.05) is 13.6 Å². The molecule has 1 amide bonds. The number of aromatic nitrogens is 2. The third kappa shape index (κ3) is 3.48. The van der Waals surface area contributed by atoms with E-state index in [1.807, 2.05) is 39.0 Å². The molecule has 1 aromatic carbocycles. The molecule has 1 atom stereocenters. The molecule has 0 aliphatic heterocycles. The summed E-state index contributed by atoms with van der Waals surface area (Å²) in [4.78, 5) is 25.0. The minimum absolute atomic E-state index is 0.155. The molecule has 2 rings (SSSR count). The van der Waals surface area contributed by atoms with Crippen molar-refractivity contribution < 1.29 is 14.7 Å². The van der Waals surface area contributed by atoms with Crippen LogP contribution >= 0.6 is 0 Å². The summed E-state index contributed by atoms with van der Waals surface area (Å²) >= 11 is 0. The summed E-state index contributed by atoms with van der Waals surface area (Å²) in [6, 6.07) is 6.08. The number of carbonyl (C=O) groups is 2. The van der Waals surface area contributed by atoms with Crippen LogP contribution in [0.25, 0.3) is 5.69 Å². The summed E-state index contributed by atoms with van der Waals surface area (Å²) in [5.41, 5.74) is 4.34. The molecule has 1 N–H and O–H groups in total. The van der Waals surface area contributed by atoms with E-state index >= 15 is 0 Å². The molecule has 1 heterocycles. The van der Waals surface area contributed by atoms with Crippen molar-refractivity contribution >= 4 is 11.9 Å². The summed E-state index contributed by atoms with van der Waals surface area (Å²) < 4.78 is 1.75. The van der Waals surface area contributed by atoms with Crippen molar-refractivity contribution in [1.29, 1.82) is 0 Å². The first kappa shape index (κ1) is 17.7. The number of hydrogen-bond acceptors (Lipinski definition) is 3. The van der Waals surface area contributed by atoms with E-state index in [0.29, 0.717) is 5.56 Å². The van der Waals surface area contributed by atoms with Gasteiger partial charge in [-0.15, -0.1) is 0 Å². The SMILES string of the molecule is Cc1ccc(C)c(-n2ncc(C(=O)N(C)CC(C)C(=O)O)c2C)c1. The van der Waals surface area contributed by atoms with Crippen molar-refractivity contribution in [2.24, 2.45) is 5.92 Å². The van der Waals surface area contributed by atoms with Gasteiger partial charge in [-0.1, -0.05) is 19.1 Å². The van der Waals surface area contributed by atoms with Crippen LogP contribution in [0.4, 0.5) is 0 Å². The average molecular weight is 329 g/mol. The normalized spacial score (nSPS) is 12.0. The molecule has 0 saturated carbocycles. The third-order valence-corrected chi connectivity index (χ3v) is 4.15. The van der Waals surface area contributed by atoms with Crippen LogP contribution in [0.3, 0.4) is 0 Å². The van der Waals surface area contributed by atoms with Crippen LogP contribution in [0, 0.1) is 26.7 Å². The molecule has 1 aromatic heterocycles. The van der Waals surface area contributed by atoms with Gasteiger partial charge < -0.3 is 10.0 Å². The average Bonchev–Trinajstić information content (AvgIpc) is 2.90. The zero-order valence-corrected chi connectivity index (χ0v) is 14.7. The molecule has 0 bridgehead atoms. The molecule has 0 aliphatic carbocycles. The first-order chi connectivity index (χ1) is 11.2. The number of benzene rings is 1. The van der Waals surface area contributed by atoms with Crippen molar-refractivity contribution in [3.63, 3.8) is 0 Å². The number of hydrogen-bond donors (Lipinski definition) is 1. The monoisotopic (exact) mass is 329 g/mol. The molecule has 1 unspecified atom stereocenters. The van der Waals surface area contributed by atoms with E-state index < -0.39 is 11.9 Å². The Bertz CT molecular complexity index is 780. The maximum atomic E-state index is 12.6. The molecule has 0 saturated heterocycles. The zero-order chi connectivity index (χ0) is 18.0. The Balaban J connectivity index is 2.31. The van der Waals surface area contributed by atoms with Gasteiger partial charge >= 0.3 is 5.97 Å². The second-order valence-electron chi connectivity index (χ2n) is 6.27. The van der Waals surface area contributed by atoms with Gasteiger partial charge in [-0.05, 0) is 38.0 Å². The summed E-state index contributed by atoms with van der Waals surface area (Å²) in [6.45, 7) is 7.59. The molecule has 0 fully saturated rings. The minimum atomic E-state index is -0.919. The fraction of sp³-hybridized carbons (Fsp3) is 0.389. The fourth-order valence-electron chi connectivity index (χ4n) is 2.59. The van der Waals surface area contributed by atoms with Crippen molar-refractivity contribution in [2.75, 3.05) is 13.6 Å². The lowest BCUT2D eigenvalue weighted by Gasteiger charge is -2.19. The highest BCUT2D eigenvalue weighted by Crippen LogP contribution is 2.20. The topological polar surface area (TPSA) is 75.4 Å². The Labute approximate surface area is 141 Å². The first-order valence-corrected chi connectivity index (χ1v) is 7.83. The van der Waals surface area contributed by atoms with Gasteiger partial charge in [-0.2, -0.15) is 5.10 Å². The van der Waals surface area contributed by atoms with Gasteiger partial charge in [-0.3, -0.25) is 9.59 Å². The number of aliphatic carboxylic acids is 1. The van der Waals surface area contributed by atoms with E-state index in [9.17, 15) is 9.59 Å². The van der Waals surface area contributed by atoms with Crippen LogP contribution in [-0.4, -0.2) is 45.3 Å². The molecule has 0 spiro atoms. The Morgan fingerprint density at radius 1 is 1.29 bits per heavy atom. The van der Waals surface area contributed by atoms with Crippen molar-refractivity contribution in [1.82, 2.24) is 14.7 Å². The van der Waals surface area contributed by atoms with Gasteiger partial charge in [0.2, 0.25) is 0 Å². The lowest BCUT2D eigenvalue weighted by atomic mass is 10.1. The summed E-state index contributed by atoms with van der Waals surface area (Å²) in [7, 11) is 1.61. The summed E-state index contributed by atoms with van der Waals surface area (Å²) in [6.07, 6.45) is 1.54. The van der Waals surface area contributed by atoms with E-state index in [-0.39, 0.29) is 12.5 Å². The predicted octanol–water partition coefficient (Wildman–Crippen LogP) is 2.59. The van der Waals surface area contributed by atoms with E-state index in [1.54, 1.807) is 24.9 Å². The number of amides is 1. The van der Waals surface area contributed by atoms with Crippen LogP contribution in [0.5, 0.6) is 0 Å². The molecule has 2 aromatic rings. The van der Waals surface area contributed by atoms with Crippen LogP contribution in [0.1, 0.15) is 34.1 Å². The van der Waals surface area contributed by atoms with Crippen molar-refractivity contribution in [3.05, 3.63) is 46.8 Å². The zero-order valence-electron chi connectivity index (χ0n) is 14.7. The Hall–Kier alpha value is -2.63. The van der Waals surface area contributed by atoms with E-state index in [2.05, 4.69) is 5.10 Å². The van der Waals surface area contributed by atoms with Gasteiger partial charge in [0.25, 0.3) is 5.91 Å². The van der Waals surface area contributed by atoms with E-state index in [0.717, 1.165) is 22.5 Å². The van der Waals surface area contributed by atoms with Gasteiger partial charge in [-0.25, -0.2) is 4.68 Å². The van der Waals surface area contributed by atoms with E-state index in [4.69, 9.17) is 5.11 Å². The fourth-order valence-corrected chi connectivity index (χ4v) is 2.59. The highest BCUT2D eigenvalue weighted by atomic mass is 16.4. The van der Waals surface area contributed by atoms with Crippen molar-refractivity contribution in [2.45, 2.75) is 27.7 Å². The number of rotatable bonds is 5. The smallest absolute Gasteiger partial charge is 0.308 e. The molecular formula is C18H23N3O3. The largest absolute Gasteiger partial charge is 0.481 e. The van der Waals surface area contributed by atoms with Gasteiger partial charge in [0.1, 0.15) is 0 Å². The molecule has 6 heteroatoms. The molecule has 24 heavy (non-hydrogen) atoms. The highest BCUT2D eigenvalue weighted by molar-refractivity contribution is 5.95. The minimum Gasteiger partial charge on any atom is -0.481 e. The molecule has 0 aliphatic rings. The predicted molar refractivity (Wildman–Crippen MR) is 91.5 cm³/mol. The standard InChI is InChI=1S/C18H23N3O3/c1-11-6-7-12(2)16(8-11)21-14(4)15(9-19-21)17(22)20(5)10-13(3)18(23)24/h6-9,13H,10H2,1-5H3,(H,23,24). The van der Waals surface area contributed by atoms with Crippen LogP contribution in [0.15, 0.2) is 24.4 Å². The second-order valence-corrected chi connectivity index (χ2v) is 6.27. The molecule has 128 valence electrons. The Morgan fingerprint density at radius 3 is 2.58 bits per heavy atom. The summed E-state index contributed by atoms with van der Waals surface area (Å²) in [5, 5.41) is 13.4. The maximum absolute atomic E-state index is 12.6. The second kappa shape index (κ2) is 6.86. The van der Waals surface area contributed by atoms with Gasteiger partial charge in [0.15, 0.2) is 0 Å². The molecule has 6 nitrogen and oxygen atoms in total. The highest BCUT2D eigenvalue weighted by Gasteiger charge is 2.22.